The Hall–Kier alpha value is -1.91. The van der Waals surface area contributed by atoms with Crippen LogP contribution in [-0.4, -0.2) is 35.8 Å². The van der Waals surface area contributed by atoms with Gasteiger partial charge in [0.25, 0.3) is 5.91 Å². The van der Waals surface area contributed by atoms with Crippen molar-refractivity contribution in [2.75, 3.05) is 13.1 Å². The zero-order chi connectivity index (χ0) is 15.4. The molecule has 1 saturated heterocycles. The van der Waals surface area contributed by atoms with Crippen molar-refractivity contribution in [1.29, 1.82) is 0 Å². The van der Waals surface area contributed by atoms with Gasteiger partial charge in [0.15, 0.2) is 0 Å². The molecule has 0 bridgehead atoms. The summed E-state index contributed by atoms with van der Waals surface area (Å²) in [6.07, 6.45) is 1.34. The molecule has 1 aliphatic rings. The van der Waals surface area contributed by atoms with Crippen molar-refractivity contribution in [3.05, 3.63) is 35.6 Å². The van der Waals surface area contributed by atoms with Gasteiger partial charge in [-0.3, -0.25) is 9.59 Å². The average molecular weight is 292 g/mol. The number of amides is 2. The monoisotopic (exact) mass is 292 g/mol. The van der Waals surface area contributed by atoms with Gasteiger partial charge in [0.1, 0.15) is 5.82 Å². The van der Waals surface area contributed by atoms with E-state index in [1.807, 2.05) is 13.8 Å². The van der Waals surface area contributed by atoms with Gasteiger partial charge in [-0.05, 0) is 51.0 Å². The fourth-order valence-electron chi connectivity index (χ4n) is 2.52. The molecule has 21 heavy (non-hydrogen) atoms. The third-order valence-corrected chi connectivity index (χ3v) is 3.68. The van der Waals surface area contributed by atoms with E-state index in [2.05, 4.69) is 5.32 Å². The summed E-state index contributed by atoms with van der Waals surface area (Å²) in [5.74, 6) is -0.406. The Kier molecular flexibility index (Phi) is 4.94. The first-order valence-corrected chi connectivity index (χ1v) is 7.32. The summed E-state index contributed by atoms with van der Waals surface area (Å²) in [6.45, 7) is 5.00. The molecule has 0 aliphatic carbocycles. The third-order valence-electron chi connectivity index (χ3n) is 3.68. The molecule has 1 aliphatic heterocycles. The van der Waals surface area contributed by atoms with E-state index in [-0.39, 0.29) is 29.6 Å². The van der Waals surface area contributed by atoms with Crippen LogP contribution in [0.4, 0.5) is 4.39 Å². The van der Waals surface area contributed by atoms with E-state index in [1.165, 1.54) is 24.3 Å². The molecule has 1 aromatic carbocycles. The fourth-order valence-corrected chi connectivity index (χ4v) is 2.52. The Bertz CT molecular complexity index is 506. The molecule has 0 atom stereocenters. The molecule has 4 nitrogen and oxygen atoms in total. The smallest absolute Gasteiger partial charge is 0.253 e. The lowest BCUT2D eigenvalue weighted by molar-refractivity contribution is -0.126. The summed E-state index contributed by atoms with van der Waals surface area (Å²) in [4.78, 5) is 25.9. The van der Waals surface area contributed by atoms with E-state index >= 15 is 0 Å². The quantitative estimate of drug-likeness (QED) is 0.928. The van der Waals surface area contributed by atoms with Gasteiger partial charge in [-0.15, -0.1) is 0 Å². The number of nitrogens with one attached hydrogen (secondary N) is 1. The van der Waals surface area contributed by atoms with Gasteiger partial charge in [-0.25, -0.2) is 4.39 Å². The Balaban J connectivity index is 1.90. The number of carbonyl (C=O) groups excluding carboxylic acids is 2. The molecule has 1 fully saturated rings. The van der Waals surface area contributed by atoms with Crippen molar-refractivity contribution in [2.24, 2.45) is 5.92 Å². The van der Waals surface area contributed by atoms with Crippen LogP contribution in [-0.2, 0) is 4.79 Å². The van der Waals surface area contributed by atoms with Crippen molar-refractivity contribution >= 4 is 11.8 Å². The maximum absolute atomic E-state index is 12.9. The summed E-state index contributed by atoms with van der Waals surface area (Å²) < 4.78 is 12.9. The van der Waals surface area contributed by atoms with Gasteiger partial charge in [0.2, 0.25) is 5.91 Å². The van der Waals surface area contributed by atoms with Crippen molar-refractivity contribution in [1.82, 2.24) is 10.2 Å². The molecular formula is C16H21FN2O2. The number of halogens is 1. The molecule has 1 aromatic rings. The van der Waals surface area contributed by atoms with Crippen molar-refractivity contribution < 1.29 is 14.0 Å². The maximum Gasteiger partial charge on any atom is 0.253 e. The molecule has 0 saturated carbocycles. The highest BCUT2D eigenvalue weighted by molar-refractivity contribution is 5.94. The highest BCUT2D eigenvalue weighted by Gasteiger charge is 2.27. The van der Waals surface area contributed by atoms with E-state index < -0.39 is 0 Å². The predicted molar refractivity (Wildman–Crippen MR) is 78.3 cm³/mol. The highest BCUT2D eigenvalue weighted by Crippen LogP contribution is 2.19. The van der Waals surface area contributed by atoms with Gasteiger partial charge in [-0.2, -0.15) is 0 Å². The van der Waals surface area contributed by atoms with Crippen molar-refractivity contribution in [2.45, 2.75) is 32.7 Å². The summed E-state index contributed by atoms with van der Waals surface area (Å²) in [5.41, 5.74) is 0.487. The molecule has 2 amide bonds. The first-order valence-electron chi connectivity index (χ1n) is 7.32. The molecule has 1 N–H and O–H groups in total. The van der Waals surface area contributed by atoms with E-state index in [0.717, 1.165) is 0 Å². The van der Waals surface area contributed by atoms with Crippen LogP contribution in [0.15, 0.2) is 24.3 Å². The molecule has 0 unspecified atom stereocenters. The van der Waals surface area contributed by atoms with Crippen LogP contribution >= 0.6 is 0 Å². The third kappa shape index (κ3) is 4.03. The number of rotatable bonds is 3. The molecular weight excluding hydrogens is 271 g/mol. The lowest BCUT2D eigenvalue weighted by Crippen LogP contribution is -2.44. The molecule has 0 radical (unpaired) electrons. The number of nitrogens with zero attached hydrogens (tertiary/aromatic N) is 1. The molecule has 5 heteroatoms. The summed E-state index contributed by atoms with van der Waals surface area (Å²) >= 11 is 0. The van der Waals surface area contributed by atoms with Gasteiger partial charge in [-0.1, -0.05) is 0 Å². The topological polar surface area (TPSA) is 49.4 Å². The minimum absolute atomic E-state index is 0.0235. The first kappa shape index (κ1) is 15.5. The normalized spacial score (nSPS) is 16.1. The second kappa shape index (κ2) is 6.70. The van der Waals surface area contributed by atoms with Crippen LogP contribution in [0.3, 0.4) is 0 Å². The number of hydrogen-bond donors (Lipinski definition) is 1. The number of piperidine rings is 1. The van der Waals surface area contributed by atoms with Gasteiger partial charge in [0.05, 0.1) is 0 Å². The minimum atomic E-state index is -0.351. The largest absolute Gasteiger partial charge is 0.354 e. The second-order valence-corrected chi connectivity index (χ2v) is 5.74. The van der Waals surface area contributed by atoms with Crippen molar-refractivity contribution in [3.63, 3.8) is 0 Å². The zero-order valence-electron chi connectivity index (χ0n) is 12.4. The summed E-state index contributed by atoms with van der Waals surface area (Å²) in [7, 11) is 0. The standard InChI is InChI=1S/C16H21FN2O2/c1-11(2)18-15(20)12-7-9-19(10-8-12)16(21)13-3-5-14(17)6-4-13/h3-6,11-12H,7-10H2,1-2H3,(H,18,20). The first-order chi connectivity index (χ1) is 9.97. The van der Waals surface area contributed by atoms with E-state index in [0.29, 0.717) is 31.5 Å². The van der Waals surface area contributed by atoms with Gasteiger partial charge < -0.3 is 10.2 Å². The Labute approximate surface area is 124 Å². The molecule has 114 valence electrons. The van der Waals surface area contributed by atoms with E-state index in [9.17, 15) is 14.0 Å². The Morgan fingerprint density at radius 3 is 2.29 bits per heavy atom. The maximum atomic E-state index is 12.9. The second-order valence-electron chi connectivity index (χ2n) is 5.74. The summed E-state index contributed by atoms with van der Waals surface area (Å²) in [6, 6.07) is 5.70. The van der Waals surface area contributed by atoms with Crippen LogP contribution in [0.1, 0.15) is 37.0 Å². The van der Waals surface area contributed by atoms with Crippen LogP contribution in [0.2, 0.25) is 0 Å². The van der Waals surface area contributed by atoms with E-state index in [1.54, 1.807) is 4.90 Å². The van der Waals surface area contributed by atoms with Crippen LogP contribution in [0, 0.1) is 11.7 Å². The number of benzene rings is 1. The number of likely N-dealkylation sites (tertiary alicyclic amines) is 1. The zero-order valence-corrected chi connectivity index (χ0v) is 12.4. The Morgan fingerprint density at radius 1 is 1.19 bits per heavy atom. The van der Waals surface area contributed by atoms with E-state index in [4.69, 9.17) is 0 Å². The number of hydrogen-bond acceptors (Lipinski definition) is 2. The Morgan fingerprint density at radius 2 is 1.76 bits per heavy atom. The summed E-state index contributed by atoms with van der Waals surface area (Å²) in [5, 5.41) is 2.91. The van der Waals surface area contributed by atoms with Gasteiger partial charge >= 0.3 is 0 Å². The molecule has 1 heterocycles. The highest BCUT2D eigenvalue weighted by atomic mass is 19.1. The van der Waals surface area contributed by atoms with Crippen LogP contribution in [0.25, 0.3) is 0 Å². The molecule has 0 aromatic heterocycles. The minimum Gasteiger partial charge on any atom is -0.354 e. The molecule has 2 rings (SSSR count). The average Bonchev–Trinajstić information content (AvgIpc) is 2.47. The van der Waals surface area contributed by atoms with Crippen LogP contribution in [0.5, 0.6) is 0 Å². The molecule has 0 spiro atoms. The lowest BCUT2D eigenvalue weighted by Gasteiger charge is -2.31. The van der Waals surface area contributed by atoms with Crippen LogP contribution < -0.4 is 5.32 Å². The predicted octanol–water partition coefficient (Wildman–Crippen LogP) is 2.20. The fraction of sp³-hybridized carbons (Fsp3) is 0.500. The number of carbonyl (C=O) groups is 2. The lowest BCUT2D eigenvalue weighted by atomic mass is 9.95. The van der Waals surface area contributed by atoms with Gasteiger partial charge in [0, 0.05) is 30.6 Å². The SMILES string of the molecule is CC(C)NC(=O)C1CCN(C(=O)c2ccc(F)cc2)CC1. The van der Waals surface area contributed by atoms with Crippen molar-refractivity contribution in [3.8, 4) is 0 Å².